The van der Waals surface area contributed by atoms with Gasteiger partial charge in [-0.3, -0.25) is 10.1 Å². The number of imidazole rings is 1. The van der Waals surface area contributed by atoms with E-state index in [-0.39, 0.29) is 12.0 Å². The molecule has 1 atom stereocenters. The first-order chi connectivity index (χ1) is 7.19. The van der Waals surface area contributed by atoms with Crippen molar-refractivity contribution < 1.29 is 9.53 Å². The highest BCUT2D eigenvalue weighted by atomic mass is 16.5. The average molecular weight is 211 g/mol. The molecule has 5 heteroatoms. The summed E-state index contributed by atoms with van der Waals surface area (Å²) < 4.78 is 6.64. The molecule has 0 amide bonds. The Morgan fingerprint density at radius 1 is 1.73 bits per heavy atom. The second-order valence-electron chi connectivity index (χ2n) is 3.30. The lowest BCUT2D eigenvalue weighted by molar-refractivity contribution is -0.142. The number of methoxy groups -OCH3 is 1. The van der Waals surface area contributed by atoms with E-state index < -0.39 is 0 Å². The second kappa shape index (κ2) is 5.50. The minimum absolute atomic E-state index is 0.252. The Hall–Kier alpha value is -1.36. The molecule has 0 spiro atoms. The van der Waals surface area contributed by atoms with Crippen LogP contribution in [0.3, 0.4) is 0 Å². The van der Waals surface area contributed by atoms with Crippen molar-refractivity contribution in [2.24, 2.45) is 0 Å². The quantitative estimate of drug-likeness (QED) is 0.723. The smallest absolute Gasteiger partial charge is 0.322 e. The van der Waals surface area contributed by atoms with Gasteiger partial charge in [-0.25, -0.2) is 4.98 Å². The van der Waals surface area contributed by atoms with E-state index in [0.717, 1.165) is 12.2 Å². The maximum atomic E-state index is 11.1. The summed E-state index contributed by atoms with van der Waals surface area (Å²) >= 11 is 0. The standard InChI is InChI=1S/C10H17N3O2/c1-4-13-7-11-5-9(13)6-12-8(2)10(14)15-3/h5,7-8,12H,4,6H2,1-3H3/t8-/m0/s1. The second-order valence-corrected chi connectivity index (χ2v) is 3.30. The Labute approximate surface area is 89.4 Å². The lowest BCUT2D eigenvalue weighted by atomic mass is 10.3. The summed E-state index contributed by atoms with van der Waals surface area (Å²) in [6.07, 6.45) is 3.57. The summed E-state index contributed by atoms with van der Waals surface area (Å²) in [5, 5.41) is 3.08. The van der Waals surface area contributed by atoms with Crippen molar-refractivity contribution in [1.29, 1.82) is 0 Å². The Bertz CT molecular complexity index is 322. The Balaban J connectivity index is 2.46. The van der Waals surface area contributed by atoms with E-state index in [9.17, 15) is 4.79 Å². The number of carbonyl (C=O) groups is 1. The fourth-order valence-corrected chi connectivity index (χ4v) is 1.30. The van der Waals surface area contributed by atoms with Gasteiger partial charge in [0.1, 0.15) is 6.04 Å². The molecule has 0 saturated carbocycles. The first-order valence-corrected chi connectivity index (χ1v) is 4.99. The van der Waals surface area contributed by atoms with Crippen molar-refractivity contribution in [3.05, 3.63) is 18.2 Å². The SMILES string of the molecule is CCn1cncc1CN[C@@H](C)C(=O)OC. The van der Waals surface area contributed by atoms with Crippen molar-refractivity contribution in [1.82, 2.24) is 14.9 Å². The largest absolute Gasteiger partial charge is 0.468 e. The topological polar surface area (TPSA) is 56.2 Å². The summed E-state index contributed by atoms with van der Waals surface area (Å²) in [5.74, 6) is -0.252. The van der Waals surface area contributed by atoms with Gasteiger partial charge in [-0.1, -0.05) is 0 Å². The van der Waals surface area contributed by atoms with Crippen molar-refractivity contribution in [3.63, 3.8) is 0 Å². The van der Waals surface area contributed by atoms with Gasteiger partial charge >= 0.3 is 5.97 Å². The predicted molar refractivity (Wildman–Crippen MR) is 56.2 cm³/mol. The van der Waals surface area contributed by atoms with Crippen LogP contribution < -0.4 is 5.32 Å². The number of carbonyl (C=O) groups excluding carboxylic acids is 1. The zero-order valence-corrected chi connectivity index (χ0v) is 9.36. The van der Waals surface area contributed by atoms with Crippen LogP contribution in [0, 0.1) is 0 Å². The highest BCUT2D eigenvalue weighted by Crippen LogP contribution is 1.99. The van der Waals surface area contributed by atoms with Crippen molar-refractivity contribution in [2.75, 3.05) is 7.11 Å². The molecule has 0 bridgehead atoms. The van der Waals surface area contributed by atoms with Crippen LogP contribution in [-0.4, -0.2) is 28.7 Å². The number of ether oxygens (including phenoxy) is 1. The molecule has 1 heterocycles. The molecular formula is C10H17N3O2. The number of esters is 1. The molecule has 1 N–H and O–H groups in total. The van der Waals surface area contributed by atoms with Gasteiger partial charge in [0, 0.05) is 19.3 Å². The van der Waals surface area contributed by atoms with Gasteiger partial charge in [-0.05, 0) is 13.8 Å². The van der Waals surface area contributed by atoms with Gasteiger partial charge in [-0.15, -0.1) is 0 Å². The number of rotatable bonds is 5. The zero-order chi connectivity index (χ0) is 11.3. The van der Waals surface area contributed by atoms with Crippen molar-refractivity contribution in [2.45, 2.75) is 33.0 Å². The van der Waals surface area contributed by atoms with E-state index in [0.29, 0.717) is 6.54 Å². The van der Waals surface area contributed by atoms with Gasteiger partial charge in [0.25, 0.3) is 0 Å². The van der Waals surface area contributed by atoms with E-state index in [1.165, 1.54) is 7.11 Å². The average Bonchev–Trinajstić information content (AvgIpc) is 2.71. The van der Waals surface area contributed by atoms with Gasteiger partial charge in [-0.2, -0.15) is 0 Å². The molecule has 0 fully saturated rings. The number of hydrogen-bond acceptors (Lipinski definition) is 4. The van der Waals surface area contributed by atoms with E-state index >= 15 is 0 Å². The summed E-state index contributed by atoms with van der Waals surface area (Å²) in [4.78, 5) is 15.2. The van der Waals surface area contributed by atoms with Gasteiger partial charge in [0.15, 0.2) is 0 Å². The number of nitrogens with one attached hydrogen (secondary N) is 1. The van der Waals surface area contributed by atoms with Crippen LogP contribution in [0.1, 0.15) is 19.5 Å². The first kappa shape index (κ1) is 11.7. The molecule has 15 heavy (non-hydrogen) atoms. The van der Waals surface area contributed by atoms with Crippen LogP contribution in [0.25, 0.3) is 0 Å². The summed E-state index contributed by atoms with van der Waals surface area (Å²) in [6.45, 7) is 5.32. The van der Waals surface area contributed by atoms with E-state index in [1.54, 1.807) is 19.4 Å². The van der Waals surface area contributed by atoms with Crippen molar-refractivity contribution >= 4 is 5.97 Å². The molecular weight excluding hydrogens is 194 g/mol. The van der Waals surface area contributed by atoms with Crippen LogP contribution in [0.4, 0.5) is 0 Å². The van der Waals surface area contributed by atoms with Crippen molar-refractivity contribution in [3.8, 4) is 0 Å². The number of aromatic nitrogens is 2. The van der Waals surface area contributed by atoms with Gasteiger partial charge < -0.3 is 9.30 Å². The normalized spacial score (nSPS) is 12.5. The van der Waals surface area contributed by atoms with Gasteiger partial charge in [0.05, 0.1) is 19.1 Å². The minimum atomic E-state index is -0.296. The maximum Gasteiger partial charge on any atom is 0.322 e. The molecule has 0 unspecified atom stereocenters. The third kappa shape index (κ3) is 3.06. The zero-order valence-electron chi connectivity index (χ0n) is 9.36. The van der Waals surface area contributed by atoms with Gasteiger partial charge in [0.2, 0.25) is 0 Å². The molecule has 0 aliphatic carbocycles. The molecule has 0 aliphatic rings. The monoisotopic (exact) mass is 211 g/mol. The highest BCUT2D eigenvalue weighted by molar-refractivity contribution is 5.75. The molecule has 5 nitrogen and oxygen atoms in total. The molecule has 84 valence electrons. The fraction of sp³-hybridized carbons (Fsp3) is 0.600. The molecule has 1 aromatic heterocycles. The number of aryl methyl sites for hydroxylation is 1. The summed E-state index contributed by atoms with van der Waals surface area (Å²) in [5.41, 5.74) is 1.06. The Morgan fingerprint density at radius 2 is 2.47 bits per heavy atom. The molecule has 0 aliphatic heterocycles. The lowest BCUT2D eigenvalue weighted by Crippen LogP contribution is -2.34. The minimum Gasteiger partial charge on any atom is -0.468 e. The Kier molecular flexibility index (Phi) is 4.30. The number of hydrogen-bond donors (Lipinski definition) is 1. The molecule has 1 rings (SSSR count). The van der Waals surface area contributed by atoms with E-state index in [4.69, 9.17) is 0 Å². The summed E-state index contributed by atoms with van der Waals surface area (Å²) in [7, 11) is 1.39. The van der Waals surface area contributed by atoms with E-state index in [1.807, 2.05) is 4.57 Å². The van der Waals surface area contributed by atoms with Crippen LogP contribution in [0.5, 0.6) is 0 Å². The maximum absolute atomic E-state index is 11.1. The lowest BCUT2D eigenvalue weighted by Gasteiger charge is -2.11. The fourth-order valence-electron chi connectivity index (χ4n) is 1.30. The van der Waals surface area contributed by atoms with Crippen LogP contribution >= 0.6 is 0 Å². The van der Waals surface area contributed by atoms with Crippen LogP contribution in [-0.2, 0) is 22.6 Å². The molecule has 0 aromatic carbocycles. The molecule has 0 radical (unpaired) electrons. The number of nitrogens with zero attached hydrogens (tertiary/aromatic N) is 2. The van der Waals surface area contributed by atoms with Crippen LogP contribution in [0.2, 0.25) is 0 Å². The Morgan fingerprint density at radius 3 is 3.07 bits per heavy atom. The molecule has 0 saturated heterocycles. The molecule has 1 aromatic rings. The third-order valence-corrected chi connectivity index (χ3v) is 2.28. The summed E-state index contributed by atoms with van der Waals surface area (Å²) in [6, 6.07) is -0.296. The third-order valence-electron chi connectivity index (χ3n) is 2.28. The predicted octanol–water partition coefficient (Wildman–Crippen LogP) is 0.554. The van der Waals surface area contributed by atoms with Crippen LogP contribution in [0.15, 0.2) is 12.5 Å². The highest BCUT2D eigenvalue weighted by Gasteiger charge is 2.12. The first-order valence-electron chi connectivity index (χ1n) is 4.99. The van der Waals surface area contributed by atoms with E-state index in [2.05, 4.69) is 22.0 Å².